The maximum absolute atomic E-state index is 15.2. The molecule has 0 bridgehead atoms. The van der Waals surface area contributed by atoms with Crippen molar-refractivity contribution in [2.75, 3.05) is 48.3 Å². The Morgan fingerprint density at radius 2 is 1.75 bits per heavy atom. The number of halogens is 3. The van der Waals surface area contributed by atoms with Gasteiger partial charge in [0.2, 0.25) is 23.5 Å². The summed E-state index contributed by atoms with van der Waals surface area (Å²) in [7, 11) is 3.53. The van der Waals surface area contributed by atoms with Gasteiger partial charge in [0.25, 0.3) is 5.56 Å². The number of pyridine rings is 1. The smallest absolute Gasteiger partial charge is 0.301 e. The number of aromatic nitrogens is 5. The number of aryl methyl sites for hydroxylation is 2. The molecule has 5 aliphatic rings. The van der Waals surface area contributed by atoms with Gasteiger partial charge in [-0.2, -0.15) is 10.1 Å². The fraction of sp³-hybridized carbons (Fsp3) is 0.522. The molecule has 1 aliphatic carbocycles. The molecule has 63 heavy (non-hydrogen) atoms. The number of likely N-dealkylation sites (tertiary alicyclic amines) is 1. The molecule has 3 saturated heterocycles. The van der Waals surface area contributed by atoms with Crippen LogP contribution < -0.4 is 31.1 Å². The molecule has 10 rings (SSSR count). The van der Waals surface area contributed by atoms with E-state index in [9.17, 15) is 14.4 Å². The van der Waals surface area contributed by atoms with Gasteiger partial charge in [-0.1, -0.05) is 23.7 Å². The van der Waals surface area contributed by atoms with Gasteiger partial charge in [-0.25, -0.2) is 13.8 Å². The first-order valence-corrected chi connectivity index (χ1v) is 22.5. The predicted octanol–water partition coefficient (Wildman–Crippen LogP) is 7.23. The zero-order chi connectivity index (χ0) is 43.9. The molecular weight excluding hydrogens is 830 g/mol. The average Bonchev–Trinajstić information content (AvgIpc) is 4.06. The Hall–Kier alpha value is -5.35. The standard InChI is InChI=1S/C46H53ClF2N10O4/c1-45(2)21-28(27-7-9-30-35(19-27)57(4)55-37(30)31-10-12-36(60)52-42(31)61)15-18-59(45)23-25-13-16-58(17-14-25)44-50-22-33(47)41(54-44)51-29-8-11-34-32(20-29)38-39(43(62)56(34)3)63-24-46(48,49)40(53-38)26-5-6-26/h7-9,11,19-20,22,25-26,28,31,40,53H,5-6,10,12-18,21,23-24H2,1-4H3,(H,50,51,54)(H,52,60,61)/t28-,31?,40-/m0/s1. The summed E-state index contributed by atoms with van der Waals surface area (Å²) in [5, 5.41) is 15.5. The average molecular weight is 883 g/mol. The number of nitrogens with one attached hydrogen (secondary N) is 3. The first kappa shape index (κ1) is 41.6. The Bertz CT molecular complexity index is 2710. The number of fused-ring (bicyclic) bond motifs is 4. The second-order valence-electron chi connectivity index (χ2n) is 19.0. The van der Waals surface area contributed by atoms with Crippen LogP contribution in [0.2, 0.25) is 5.02 Å². The first-order chi connectivity index (χ1) is 30.1. The van der Waals surface area contributed by atoms with Crippen LogP contribution in [-0.4, -0.2) is 91.3 Å². The Morgan fingerprint density at radius 1 is 0.952 bits per heavy atom. The monoisotopic (exact) mass is 882 g/mol. The molecule has 332 valence electrons. The minimum Gasteiger partial charge on any atom is -0.480 e. The molecule has 17 heteroatoms. The second-order valence-corrected chi connectivity index (χ2v) is 19.4. The molecule has 3 N–H and O–H groups in total. The lowest BCUT2D eigenvalue weighted by atomic mass is 9.78. The van der Waals surface area contributed by atoms with Crippen LogP contribution in [0.15, 0.2) is 47.4 Å². The summed E-state index contributed by atoms with van der Waals surface area (Å²) in [5.41, 5.74) is 4.05. The number of carbonyl (C=O) groups excluding carboxylic acids is 2. The van der Waals surface area contributed by atoms with Crippen LogP contribution in [0.1, 0.15) is 88.3 Å². The molecule has 3 atom stereocenters. The minimum absolute atomic E-state index is 0.00223. The molecule has 2 amide bonds. The van der Waals surface area contributed by atoms with Crippen LogP contribution in [0.5, 0.6) is 5.75 Å². The number of imide groups is 1. The third-order valence-electron chi connectivity index (χ3n) is 14.3. The maximum Gasteiger partial charge on any atom is 0.301 e. The molecule has 1 unspecified atom stereocenters. The van der Waals surface area contributed by atoms with E-state index < -0.39 is 30.0 Å². The zero-order valence-corrected chi connectivity index (χ0v) is 36.8. The quantitative estimate of drug-likeness (QED) is 0.136. The number of carbonyl (C=O) groups is 2. The first-order valence-electron chi connectivity index (χ1n) is 22.2. The Labute approximate surface area is 368 Å². The van der Waals surface area contributed by atoms with Crippen molar-refractivity contribution >= 4 is 68.4 Å². The zero-order valence-electron chi connectivity index (χ0n) is 36.0. The Kier molecular flexibility index (Phi) is 10.4. The van der Waals surface area contributed by atoms with Gasteiger partial charge in [0.05, 0.1) is 40.6 Å². The van der Waals surface area contributed by atoms with Crippen molar-refractivity contribution in [1.29, 1.82) is 0 Å². The number of benzene rings is 2. The van der Waals surface area contributed by atoms with E-state index >= 15 is 8.78 Å². The number of nitrogens with zero attached hydrogens (tertiary/aromatic N) is 7. The second kappa shape index (κ2) is 15.7. The third-order valence-corrected chi connectivity index (χ3v) is 14.6. The van der Waals surface area contributed by atoms with Gasteiger partial charge < -0.3 is 24.8 Å². The number of rotatable bonds is 8. The fourth-order valence-corrected chi connectivity index (χ4v) is 10.6. The molecule has 4 fully saturated rings. The lowest BCUT2D eigenvalue weighted by molar-refractivity contribution is -0.134. The topological polar surface area (TPSA) is 152 Å². The van der Waals surface area contributed by atoms with E-state index in [1.54, 1.807) is 19.3 Å². The van der Waals surface area contributed by atoms with Crippen LogP contribution in [0.3, 0.4) is 0 Å². The van der Waals surface area contributed by atoms with E-state index in [-0.39, 0.29) is 34.7 Å². The van der Waals surface area contributed by atoms with Crippen LogP contribution in [-0.2, 0) is 23.7 Å². The molecule has 14 nitrogen and oxygen atoms in total. The van der Waals surface area contributed by atoms with Gasteiger partial charge in [-0.3, -0.25) is 29.3 Å². The SMILES string of the molecule is Cn1nc(C2CCC(=O)NC2=O)c2ccc([C@H]3CCN(CC4CCN(c5ncc(Cl)c(Nc6ccc7c(c6)c6c(c(=O)n7C)OCC(F)(F)[C@H](C7CC7)N6)n5)CC4)C(C)(C)C3)cc21. The van der Waals surface area contributed by atoms with Crippen molar-refractivity contribution in [2.24, 2.45) is 25.9 Å². The largest absolute Gasteiger partial charge is 0.480 e. The lowest BCUT2D eigenvalue weighted by Gasteiger charge is -2.48. The molecule has 0 spiro atoms. The van der Waals surface area contributed by atoms with Gasteiger partial charge in [0.15, 0.2) is 12.4 Å². The third kappa shape index (κ3) is 7.76. The highest BCUT2D eigenvalue weighted by Gasteiger charge is 2.51. The molecule has 5 aromatic rings. The van der Waals surface area contributed by atoms with Crippen molar-refractivity contribution in [1.82, 2.24) is 34.5 Å². The van der Waals surface area contributed by atoms with Crippen molar-refractivity contribution in [3.63, 3.8) is 0 Å². The summed E-state index contributed by atoms with van der Waals surface area (Å²) < 4.78 is 39.2. The van der Waals surface area contributed by atoms with Gasteiger partial charge in [0.1, 0.15) is 5.02 Å². The predicted molar refractivity (Wildman–Crippen MR) is 238 cm³/mol. The highest BCUT2D eigenvalue weighted by Crippen LogP contribution is 2.46. The van der Waals surface area contributed by atoms with E-state index in [0.717, 1.165) is 68.5 Å². The molecule has 1 saturated carbocycles. The van der Waals surface area contributed by atoms with E-state index in [0.29, 0.717) is 70.9 Å². The molecule has 3 aromatic heterocycles. The molecule has 2 aromatic carbocycles. The number of amides is 2. The van der Waals surface area contributed by atoms with Gasteiger partial charge in [0, 0.05) is 62.1 Å². The number of hydrogen-bond donors (Lipinski definition) is 3. The number of alkyl halides is 2. The summed E-state index contributed by atoms with van der Waals surface area (Å²) >= 11 is 6.66. The number of ether oxygens (including phenoxy) is 1. The van der Waals surface area contributed by atoms with Crippen LogP contribution in [0.4, 0.5) is 31.9 Å². The van der Waals surface area contributed by atoms with Crippen molar-refractivity contribution in [2.45, 2.75) is 94.6 Å². The number of anilines is 4. The minimum atomic E-state index is -3.13. The van der Waals surface area contributed by atoms with E-state index in [1.165, 1.54) is 10.1 Å². The summed E-state index contributed by atoms with van der Waals surface area (Å²) in [5.74, 6) is -2.40. The van der Waals surface area contributed by atoms with E-state index in [4.69, 9.17) is 26.4 Å². The van der Waals surface area contributed by atoms with Gasteiger partial charge >= 0.3 is 5.92 Å². The van der Waals surface area contributed by atoms with Crippen molar-refractivity contribution in [3.8, 4) is 5.75 Å². The number of piperidine rings is 3. The Morgan fingerprint density at radius 3 is 2.49 bits per heavy atom. The summed E-state index contributed by atoms with van der Waals surface area (Å²) in [6, 6.07) is 10.8. The van der Waals surface area contributed by atoms with Crippen LogP contribution >= 0.6 is 11.6 Å². The van der Waals surface area contributed by atoms with E-state index in [2.05, 4.69) is 62.8 Å². The lowest BCUT2D eigenvalue weighted by Crippen LogP contribution is -2.52. The summed E-state index contributed by atoms with van der Waals surface area (Å²) in [4.78, 5) is 52.0. The van der Waals surface area contributed by atoms with Crippen LogP contribution in [0.25, 0.3) is 21.8 Å². The molecule has 7 heterocycles. The van der Waals surface area contributed by atoms with Gasteiger partial charge in [-0.05, 0) is 113 Å². The molecule has 4 aliphatic heterocycles. The summed E-state index contributed by atoms with van der Waals surface area (Å²) in [6.07, 6.45) is 7.89. The molecule has 0 radical (unpaired) electrons. The summed E-state index contributed by atoms with van der Waals surface area (Å²) in [6.45, 7) is 7.50. The fourth-order valence-electron chi connectivity index (χ4n) is 10.5. The van der Waals surface area contributed by atoms with Gasteiger partial charge in [-0.15, -0.1) is 0 Å². The highest BCUT2D eigenvalue weighted by molar-refractivity contribution is 6.33. The molecular formula is C46H53ClF2N10O4. The maximum atomic E-state index is 15.2. The Balaban J connectivity index is 0.785. The van der Waals surface area contributed by atoms with Crippen molar-refractivity contribution < 1.29 is 23.1 Å². The van der Waals surface area contributed by atoms with Crippen molar-refractivity contribution in [3.05, 3.63) is 69.2 Å². The number of hydrogen-bond acceptors (Lipinski definition) is 11. The normalized spacial score (nSPS) is 24.1. The van der Waals surface area contributed by atoms with Crippen LogP contribution in [0, 0.1) is 11.8 Å². The van der Waals surface area contributed by atoms with E-state index in [1.807, 2.05) is 23.9 Å². The highest BCUT2D eigenvalue weighted by atomic mass is 35.5.